The number of imidazole rings is 1. The third-order valence-electron chi connectivity index (χ3n) is 3.51. The molecule has 2 amide bonds. The van der Waals surface area contributed by atoms with Crippen molar-refractivity contribution in [2.24, 2.45) is 0 Å². The van der Waals surface area contributed by atoms with Gasteiger partial charge < -0.3 is 14.3 Å². The molecule has 0 radical (unpaired) electrons. The number of aromatic amines is 1. The van der Waals surface area contributed by atoms with E-state index in [1.165, 1.54) is 19.2 Å². The third kappa shape index (κ3) is 2.21. The van der Waals surface area contributed by atoms with Gasteiger partial charge in [-0.1, -0.05) is 0 Å². The van der Waals surface area contributed by atoms with Gasteiger partial charge in [0.15, 0.2) is 16.3 Å². The Morgan fingerprint density at radius 2 is 2.19 bits per heavy atom. The summed E-state index contributed by atoms with van der Waals surface area (Å²) >= 11 is 5.22. The van der Waals surface area contributed by atoms with E-state index in [2.05, 4.69) is 10.3 Å². The number of fused-ring (bicyclic) bond motifs is 1. The SMILES string of the molecule is COc1cc2c(cc1F)[nH]c(=S)n2C1CCC(=O)NC1=O. The number of benzene rings is 1. The highest BCUT2D eigenvalue weighted by Crippen LogP contribution is 2.29. The molecule has 1 aromatic carbocycles. The molecule has 1 aliphatic heterocycles. The molecular formula is C13H12FN3O3S. The largest absolute Gasteiger partial charge is 0.494 e. The van der Waals surface area contributed by atoms with E-state index in [9.17, 15) is 14.0 Å². The Labute approximate surface area is 123 Å². The first kappa shape index (κ1) is 13.7. The number of nitrogens with zero attached hydrogens (tertiary/aromatic N) is 1. The van der Waals surface area contributed by atoms with E-state index in [-0.39, 0.29) is 18.1 Å². The summed E-state index contributed by atoms with van der Waals surface area (Å²) in [5.41, 5.74) is 1.04. The second-order valence-electron chi connectivity index (χ2n) is 4.77. The van der Waals surface area contributed by atoms with Crippen LogP contribution in [0.5, 0.6) is 5.75 Å². The van der Waals surface area contributed by atoms with Crippen LogP contribution in [0.1, 0.15) is 18.9 Å². The van der Waals surface area contributed by atoms with Crippen molar-refractivity contribution in [1.29, 1.82) is 0 Å². The molecule has 0 bridgehead atoms. The molecule has 0 spiro atoms. The topological polar surface area (TPSA) is 76.1 Å². The van der Waals surface area contributed by atoms with Crippen molar-refractivity contribution in [3.05, 3.63) is 22.7 Å². The summed E-state index contributed by atoms with van der Waals surface area (Å²) in [5.74, 6) is -1.16. The first-order chi connectivity index (χ1) is 10.0. The van der Waals surface area contributed by atoms with Gasteiger partial charge in [0.2, 0.25) is 11.8 Å². The van der Waals surface area contributed by atoms with Crippen molar-refractivity contribution in [3.8, 4) is 5.75 Å². The van der Waals surface area contributed by atoms with Crippen molar-refractivity contribution in [2.45, 2.75) is 18.9 Å². The summed E-state index contributed by atoms with van der Waals surface area (Å²) in [6.45, 7) is 0. The number of halogens is 1. The number of rotatable bonds is 2. The normalized spacial score (nSPS) is 18.9. The number of hydrogen-bond donors (Lipinski definition) is 2. The van der Waals surface area contributed by atoms with E-state index in [1.54, 1.807) is 4.57 Å². The molecule has 110 valence electrons. The van der Waals surface area contributed by atoms with Gasteiger partial charge in [-0.15, -0.1) is 0 Å². The molecule has 21 heavy (non-hydrogen) atoms. The van der Waals surface area contributed by atoms with Crippen LogP contribution in [0.15, 0.2) is 12.1 Å². The molecule has 0 saturated carbocycles. The smallest absolute Gasteiger partial charge is 0.249 e. The zero-order valence-electron chi connectivity index (χ0n) is 11.1. The molecule has 2 heterocycles. The zero-order valence-corrected chi connectivity index (χ0v) is 11.9. The number of nitrogens with one attached hydrogen (secondary N) is 2. The standard InChI is InChI=1S/C13H12FN3O3S/c1-20-10-5-9-7(4-6(10)14)15-13(21)17(9)8-2-3-11(18)16-12(8)19/h4-5,8H,2-3H2,1H3,(H,15,21)(H,16,18,19). The average molecular weight is 309 g/mol. The van der Waals surface area contributed by atoms with Gasteiger partial charge in [0.1, 0.15) is 6.04 Å². The molecule has 2 N–H and O–H groups in total. The molecule has 1 fully saturated rings. The number of hydrogen-bond acceptors (Lipinski definition) is 4. The number of aromatic nitrogens is 2. The fourth-order valence-electron chi connectivity index (χ4n) is 2.52. The highest BCUT2D eigenvalue weighted by atomic mass is 32.1. The van der Waals surface area contributed by atoms with Gasteiger partial charge in [0.05, 0.1) is 18.1 Å². The minimum absolute atomic E-state index is 0.0672. The molecule has 6 nitrogen and oxygen atoms in total. The van der Waals surface area contributed by atoms with E-state index in [1.807, 2.05) is 0 Å². The highest BCUT2D eigenvalue weighted by Gasteiger charge is 2.30. The maximum Gasteiger partial charge on any atom is 0.249 e. The fraction of sp³-hybridized carbons (Fsp3) is 0.308. The Hall–Kier alpha value is -2.22. The highest BCUT2D eigenvalue weighted by molar-refractivity contribution is 7.71. The van der Waals surface area contributed by atoms with Crippen LogP contribution in [-0.4, -0.2) is 28.5 Å². The first-order valence-electron chi connectivity index (χ1n) is 6.32. The van der Waals surface area contributed by atoms with Crippen LogP contribution in [-0.2, 0) is 9.59 Å². The number of methoxy groups -OCH3 is 1. The van der Waals surface area contributed by atoms with Crippen LogP contribution in [0.3, 0.4) is 0 Å². The maximum atomic E-state index is 13.7. The third-order valence-corrected chi connectivity index (χ3v) is 3.81. The molecule has 1 aliphatic rings. The summed E-state index contributed by atoms with van der Waals surface area (Å²) in [6, 6.07) is 2.16. The molecule has 1 unspecified atom stereocenters. The van der Waals surface area contributed by atoms with Crippen LogP contribution in [0.2, 0.25) is 0 Å². The summed E-state index contributed by atoms with van der Waals surface area (Å²) in [7, 11) is 1.36. The lowest BCUT2D eigenvalue weighted by Crippen LogP contribution is -2.41. The summed E-state index contributed by atoms with van der Waals surface area (Å²) < 4.78 is 20.6. The van der Waals surface area contributed by atoms with Crippen LogP contribution in [0, 0.1) is 10.6 Å². The number of carbonyl (C=O) groups excluding carboxylic acids is 2. The minimum Gasteiger partial charge on any atom is -0.494 e. The minimum atomic E-state index is -0.598. The van der Waals surface area contributed by atoms with Gasteiger partial charge in [-0.2, -0.15) is 0 Å². The predicted octanol–water partition coefficient (Wildman–Crippen LogP) is 1.82. The number of ether oxygens (including phenoxy) is 1. The number of imide groups is 1. The summed E-state index contributed by atoms with van der Waals surface area (Å²) in [6.07, 6.45) is 0.592. The Kier molecular flexibility index (Phi) is 3.25. The van der Waals surface area contributed by atoms with Gasteiger partial charge in [-0.3, -0.25) is 14.9 Å². The van der Waals surface area contributed by atoms with Gasteiger partial charge in [-0.05, 0) is 18.6 Å². The quantitative estimate of drug-likeness (QED) is 0.655. The second-order valence-corrected chi connectivity index (χ2v) is 5.16. The maximum absolute atomic E-state index is 13.7. The van der Waals surface area contributed by atoms with Gasteiger partial charge in [-0.25, -0.2) is 4.39 Å². The van der Waals surface area contributed by atoms with Crippen molar-refractivity contribution in [3.63, 3.8) is 0 Å². The Morgan fingerprint density at radius 1 is 1.43 bits per heavy atom. The summed E-state index contributed by atoms with van der Waals surface area (Å²) in [5, 5.41) is 2.29. The lowest BCUT2D eigenvalue weighted by Gasteiger charge is -2.22. The fourth-order valence-corrected chi connectivity index (χ4v) is 2.86. The molecule has 1 saturated heterocycles. The van der Waals surface area contributed by atoms with Crippen LogP contribution in [0.25, 0.3) is 11.0 Å². The lowest BCUT2D eigenvalue weighted by molar-refractivity contribution is -0.135. The molecule has 8 heteroatoms. The molecular weight excluding hydrogens is 297 g/mol. The number of H-pyrrole nitrogens is 1. The van der Waals surface area contributed by atoms with E-state index < -0.39 is 17.8 Å². The molecule has 3 rings (SSSR count). The second kappa shape index (κ2) is 4.96. The molecule has 1 aromatic heterocycles. The molecule has 0 aliphatic carbocycles. The number of amides is 2. The predicted molar refractivity (Wildman–Crippen MR) is 75.1 cm³/mol. The van der Waals surface area contributed by atoms with E-state index in [0.717, 1.165) is 0 Å². The van der Waals surface area contributed by atoms with Gasteiger partial charge in [0.25, 0.3) is 0 Å². The van der Waals surface area contributed by atoms with E-state index >= 15 is 0 Å². The monoisotopic (exact) mass is 309 g/mol. The van der Waals surface area contributed by atoms with Crippen molar-refractivity contribution in [1.82, 2.24) is 14.9 Å². The van der Waals surface area contributed by atoms with Crippen molar-refractivity contribution < 1.29 is 18.7 Å². The van der Waals surface area contributed by atoms with Crippen molar-refractivity contribution >= 4 is 35.1 Å². The Morgan fingerprint density at radius 3 is 2.86 bits per heavy atom. The van der Waals surface area contributed by atoms with Crippen LogP contribution >= 0.6 is 12.2 Å². The van der Waals surface area contributed by atoms with Crippen LogP contribution in [0.4, 0.5) is 4.39 Å². The van der Waals surface area contributed by atoms with Gasteiger partial charge in [0, 0.05) is 18.6 Å². The van der Waals surface area contributed by atoms with E-state index in [0.29, 0.717) is 22.2 Å². The van der Waals surface area contributed by atoms with Crippen molar-refractivity contribution in [2.75, 3.05) is 7.11 Å². The zero-order chi connectivity index (χ0) is 15.1. The number of carbonyl (C=O) groups is 2. The van der Waals surface area contributed by atoms with Gasteiger partial charge >= 0.3 is 0 Å². The van der Waals surface area contributed by atoms with E-state index in [4.69, 9.17) is 17.0 Å². The average Bonchev–Trinajstić information content (AvgIpc) is 2.73. The van der Waals surface area contributed by atoms with Crippen LogP contribution < -0.4 is 10.1 Å². The molecule has 1 atom stereocenters. The summed E-state index contributed by atoms with van der Waals surface area (Å²) in [4.78, 5) is 26.1. The number of piperidine rings is 1. The Balaban J connectivity index is 2.18. The Bertz CT molecular complexity index is 811. The molecule has 2 aromatic rings. The first-order valence-corrected chi connectivity index (χ1v) is 6.73. The lowest BCUT2D eigenvalue weighted by atomic mass is 10.1.